The molecule has 2 N–H and O–H groups in total. The van der Waals surface area contributed by atoms with E-state index in [2.05, 4.69) is 0 Å². The maximum Gasteiger partial charge on any atom is 0.303 e. The van der Waals surface area contributed by atoms with E-state index in [0.717, 1.165) is 16.3 Å². The first-order valence-corrected chi connectivity index (χ1v) is 10.7. The second-order valence-corrected chi connectivity index (χ2v) is 8.35. The van der Waals surface area contributed by atoms with Crippen molar-refractivity contribution in [1.82, 2.24) is 4.90 Å². The second-order valence-electron chi connectivity index (χ2n) is 8.35. The Balaban J connectivity index is 1.49. The number of fused-ring (bicyclic) bond motifs is 1. The summed E-state index contributed by atoms with van der Waals surface area (Å²) < 4.78 is 0. The van der Waals surface area contributed by atoms with E-state index in [1.54, 1.807) is 4.90 Å². The van der Waals surface area contributed by atoms with Crippen LogP contribution >= 0.6 is 0 Å². The normalized spacial score (nSPS) is 16.7. The molecule has 1 aliphatic heterocycles. The molecule has 1 atom stereocenters. The molecule has 0 radical (unpaired) electrons. The first-order valence-electron chi connectivity index (χ1n) is 10.7. The Morgan fingerprint density at radius 3 is 2.23 bits per heavy atom. The first kappa shape index (κ1) is 21.1. The molecule has 160 valence electrons. The lowest BCUT2D eigenvalue weighted by Gasteiger charge is -2.43. The molecule has 0 saturated carbocycles. The number of rotatable bonds is 6. The van der Waals surface area contributed by atoms with Crippen LogP contribution in [-0.2, 0) is 4.79 Å². The van der Waals surface area contributed by atoms with E-state index in [4.69, 9.17) is 0 Å². The highest BCUT2D eigenvalue weighted by Crippen LogP contribution is 2.40. The van der Waals surface area contributed by atoms with Gasteiger partial charge < -0.3 is 15.1 Å². The van der Waals surface area contributed by atoms with Crippen molar-refractivity contribution < 1.29 is 19.8 Å². The number of carboxylic acid groups (broad SMARTS) is 1. The number of benzene rings is 3. The molecule has 0 spiro atoms. The number of nitrogens with zero attached hydrogens (tertiary/aromatic N) is 1. The maximum atomic E-state index is 13.1. The Morgan fingerprint density at radius 1 is 0.903 bits per heavy atom. The van der Waals surface area contributed by atoms with Crippen LogP contribution < -0.4 is 0 Å². The molecule has 1 heterocycles. The molecule has 5 heteroatoms. The number of carbonyl (C=O) groups is 2. The van der Waals surface area contributed by atoms with Gasteiger partial charge in [-0.3, -0.25) is 9.59 Å². The molecule has 0 aliphatic carbocycles. The van der Waals surface area contributed by atoms with E-state index >= 15 is 0 Å². The van der Waals surface area contributed by atoms with Gasteiger partial charge in [0.2, 0.25) is 0 Å². The molecule has 0 aromatic heterocycles. The predicted molar refractivity (Wildman–Crippen MR) is 120 cm³/mol. The van der Waals surface area contributed by atoms with Crippen molar-refractivity contribution in [3.05, 3.63) is 83.9 Å². The van der Waals surface area contributed by atoms with Crippen molar-refractivity contribution in [2.24, 2.45) is 0 Å². The SMILES string of the molecule is O=C(O)CCC(c1ccccc1)C1(O)CCN(C(=O)c2ccc3ccccc3c2)CC1. The molecule has 3 aromatic rings. The van der Waals surface area contributed by atoms with E-state index in [9.17, 15) is 19.8 Å². The van der Waals surface area contributed by atoms with Crippen LogP contribution in [0.4, 0.5) is 0 Å². The third-order valence-electron chi connectivity index (χ3n) is 6.41. The number of aliphatic hydroxyl groups is 1. The third kappa shape index (κ3) is 4.62. The van der Waals surface area contributed by atoms with Gasteiger partial charge in [-0.15, -0.1) is 0 Å². The molecule has 1 amide bonds. The summed E-state index contributed by atoms with van der Waals surface area (Å²) in [6, 6.07) is 23.3. The predicted octanol–water partition coefficient (Wildman–Crippen LogP) is 4.46. The molecule has 1 aliphatic rings. The van der Waals surface area contributed by atoms with E-state index < -0.39 is 11.6 Å². The quantitative estimate of drug-likeness (QED) is 0.621. The highest BCUT2D eigenvalue weighted by molar-refractivity contribution is 5.98. The number of hydrogen-bond acceptors (Lipinski definition) is 3. The number of hydrogen-bond donors (Lipinski definition) is 2. The van der Waals surface area contributed by atoms with Gasteiger partial charge >= 0.3 is 5.97 Å². The smallest absolute Gasteiger partial charge is 0.303 e. The highest BCUT2D eigenvalue weighted by Gasteiger charge is 2.41. The molecule has 1 fully saturated rings. The van der Waals surface area contributed by atoms with Gasteiger partial charge in [0.25, 0.3) is 5.91 Å². The number of likely N-dealkylation sites (tertiary alicyclic amines) is 1. The van der Waals surface area contributed by atoms with Gasteiger partial charge in [-0.2, -0.15) is 0 Å². The Labute approximate surface area is 181 Å². The summed E-state index contributed by atoms with van der Waals surface area (Å²) in [7, 11) is 0. The van der Waals surface area contributed by atoms with E-state index in [1.165, 1.54) is 0 Å². The van der Waals surface area contributed by atoms with Crippen molar-refractivity contribution in [3.8, 4) is 0 Å². The Kier molecular flexibility index (Phi) is 6.05. The molecular formula is C26H27NO4. The fourth-order valence-corrected chi connectivity index (χ4v) is 4.65. The van der Waals surface area contributed by atoms with Crippen LogP contribution in [0.15, 0.2) is 72.8 Å². The zero-order valence-corrected chi connectivity index (χ0v) is 17.4. The van der Waals surface area contributed by atoms with Gasteiger partial charge in [0.15, 0.2) is 0 Å². The summed E-state index contributed by atoms with van der Waals surface area (Å²) in [5, 5.41) is 22.8. The zero-order chi connectivity index (χ0) is 21.8. The minimum atomic E-state index is -1.03. The second kappa shape index (κ2) is 8.90. The van der Waals surface area contributed by atoms with Crippen LogP contribution in [0.2, 0.25) is 0 Å². The van der Waals surface area contributed by atoms with Crippen molar-refractivity contribution in [2.75, 3.05) is 13.1 Å². The van der Waals surface area contributed by atoms with Crippen LogP contribution in [0, 0.1) is 0 Å². The summed E-state index contributed by atoms with van der Waals surface area (Å²) in [4.78, 5) is 26.0. The fourth-order valence-electron chi connectivity index (χ4n) is 4.65. The summed E-state index contributed by atoms with van der Waals surface area (Å²) >= 11 is 0. The average Bonchev–Trinajstić information content (AvgIpc) is 2.79. The lowest BCUT2D eigenvalue weighted by molar-refractivity contribution is -0.137. The monoisotopic (exact) mass is 417 g/mol. The minimum absolute atomic E-state index is 0.00159. The molecule has 5 nitrogen and oxygen atoms in total. The van der Waals surface area contributed by atoms with Gasteiger partial charge in [-0.05, 0) is 47.7 Å². The minimum Gasteiger partial charge on any atom is -0.481 e. The summed E-state index contributed by atoms with van der Waals surface area (Å²) in [5.74, 6) is -1.18. The van der Waals surface area contributed by atoms with Crippen molar-refractivity contribution in [1.29, 1.82) is 0 Å². The lowest BCUT2D eigenvalue weighted by Crippen LogP contribution is -2.49. The molecule has 31 heavy (non-hydrogen) atoms. The van der Waals surface area contributed by atoms with Crippen molar-refractivity contribution >= 4 is 22.6 Å². The zero-order valence-electron chi connectivity index (χ0n) is 17.4. The van der Waals surface area contributed by atoms with Crippen LogP contribution in [0.3, 0.4) is 0 Å². The van der Waals surface area contributed by atoms with Gasteiger partial charge in [0.1, 0.15) is 0 Å². The fraction of sp³-hybridized carbons (Fsp3) is 0.308. The Hall–Kier alpha value is -3.18. The summed E-state index contributed by atoms with van der Waals surface area (Å²) in [5.41, 5.74) is 0.562. The molecule has 3 aromatic carbocycles. The molecule has 0 bridgehead atoms. The van der Waals surface area contributed by atoms with E-state index in [-0.39, 0.29) is 18.2 Å². The Morgan fingerprint density at radius 2 is 1.55 bits per heavy atom. The van der Waals surface area contributed by atoms with E-state index in [1.807, 2.05) is 72.8 Å². The highest BCUT2D eigenvalue weighted by atomic mass is 16.4. The van der Waals surface area contributed by atoms with Gasteiger partial charge in [0, 0.05) is 31.0 Å². The first-order chi connectivity index (χ1) is 15.0. The lowest BCUT2D eigenvalue weighted by atomic mass is 9.73. The molecule has 1 saturated heterocycles. The largest absolute Gasteiger partial charge is 0.481 e. The van der Waals surface area contributed by atoms with Crippen molar-refractivity contribution in [3.63, 3.8) is 0 Å². The number of carboxylic acids is 1. The molecular weight excluding hydrogens is 390 g/mol. The number of aliphatic carboxylic acids is 1. The average molecular weight is 418 g/mol. The van der Waals surface area contributed by atoms with Gasteiger partial charge in [-0.1, -0.05) is 60.7 Å². The molecule has 4 rings (SSSR count). The number of carbonyl (C=O) groups excluding carboxylic acids is 1. The van der Waals surface area contributed by atoms with Gasteiger partial charge in [-0.25, -0.2) is 0 Å². The van der Waals surface area contributed by atoms with E-state index in [0.29, 0.717) is 37.9 Å². The van der Waals surface area contributed by atoms with Crippen LogP contribution in [0.5, 0.6) is 0 Å². The maximum absolute atomic E-state index is 13.1. The van der Waals surface area contributed by atoms with Crippen LogP contribution in [0.1, 0.15) is 47.5 Å². The summed E-state index contributed by atoms with van der Waals surface area (Å²) in [6.07, 6.45) is 1.22. The van der Waals surface area contributed by atoms with Crippen LogP contribution in [-0.4, -0.2) is 45.7 Å². The standard InChI is InChI=1S/C26H27NO4/c28-24(29)13-12-23(20-7-2-1-3-8-20)26(31)14-16-27(17-15-26)25(30)22-11-10-19-6-4-5-9-21(19)18-22/h1-11,18,23,31H,12-17H2,(H,28,29). The molecule has 1 unspecified atom stereocenters. The van der Waals surface area contributed by atoms with Crippen LogP contribution in [0.25, 0.3) is 10.8 Å². The van der Waals surface area contributed by atoms with Crippen molar-refractivity contribution in [2.45, 2.75) is 37.2 Å². The Bertz CT molecular complexity index is 1070. The van der Waals surface area contributed by atoms with Gasteiger partial charge in [0.05, 0.1) is 5.60 Å². The topological polar surface area (TPSA) is 77.8 Å². The number of piperidine rings is 1. The third-order valence-corrected chi connectivity index (χ3v) is 6.41. The number of amides is 1. The summed E-state index contributed by atoms with van der Waals surface area (Å²) in [6.45, 7) is 0.886.